The average Bonchev–Trinajstić information content (AvgIpc) is 2.36. The third kappa shape index (κ3) is 5.15. The van der Waals surface area contributed by atoms with Gasteiger partial charge in [0.1, 0.15) is 0 Å². The first kappa shape index (κ1) is 13.2. The number of esters is 1. The summed E-state index contributed by atoms with van der Waals surface area (Å²) in [5, 5.41) is 2.52. The van der Waals surface area contributed by atoms with Crippen LogP contribution in [0.15, 0.2) is 30.3 Å². The number of aryl methyl sites for hydroxylation is 1. The molecule has 1 rings (SSSR count). The van der Waals surface area contributed by atoms with Crippen LogP contribution in [0.4, 0.5) is 0 Å². The Labute approximate surface area is 101 Å². The topological polar surface area (TPSA) is 55.4 Å². The molecule has 0 heterocycles. The summed E-state index contributed by atoms with van der Waals surface area (Å²) < 4.78 is 4.57. The third-order valence-electron chi connectivity index (χ3n) is 2.23. The van der Waals surface area contributed by atoms with Crippen LogP contribution in [0.1, 0.15) is 18.9 Å². The van der Waals surface area contributed by atoms with Crippen molar-refractivity contribution in [3.8, 4) is 0 Å². The standard InChI is InChI=1S/C13H17NO3/c1-2-17-13(16)12(15)14-10-6-9-11-7-4-3-5-8-11/h3-5,7-8H,2,6,9-10H2,1H3,(H,14,15). The van der Waals surface area contributed by atoms with Crippen LogP contribution >= 0.6 is 0 Å². The highest BCUT2D eigenvalue weighted by molar-refractivity contribution is 6.32. The van der Waals surface area contributed by atoms with E-state index in [4.69, 9.17) is 0 Å². The van der Waals surface area contributed by atoms with Crippen LogP contribution < -0.4 is 5.32 Å². The number of carbonyl (C=O) groups excluding carboxylic acids is 2. The molecule has 17 heavy (non-hydrogen) atoms. The van der Waals surface area contributed by atoms with Gasteiger partial charge in [-0.15, -0.1) is 0 Å². The summed E-state index contributed by atoms with van der Waals surface area (Å²) in [6.07, 6.45) is 1.68. The number of carbonyl (C=O) groups is 2. The predicted molar refractivity (Wildman–Crippen MR) is 64.4 cm³/mol. The molecule has 0 fully saturated rings. The van der Waals surface area contributed by atoms with Crippen LogP contribution in [-0.2, 0) is 20.7 Å². The molecule has 1 amide bonds. The van der Waals surface area contributed by atoms with E-state index in [9.17, 15) is 9.59 Å². The lowest BCUT2D eigenvalue weighted by atomic mass is 10.1. The number of ether oxygens (including phenoxy) is 1. The van der Waals surface area contributed by atoms with Crippen LogP contribution in [0.3, 0.4) is 0 Å². The molecule has 0 radical (unpaired) electrons. The van der Waals surface area contributed by atoms with Gasteiger partial charge >= 0.3 is 11.9 Å². The van der Waals surface area contributed by atoms with E-state index in [-0.39, 0.29) is 6.61 Å². The van der Waals surface area contributed by atoms with E-state index in [1.54, 1.807) is 6.92 Å². The molecule has 0 aliphatic rings. The first-order valence-electron chi connectivity index (χ1n) is 5.73. The molecule has 0 aromatic heterocycles. The van der Waals surface area contributed by atoms with Crippen molar-refractivity contribution in [3.05, 3.63) is 35.9 Å². The average molecular weight is 235 g/mol. The summed E-state index contributed by atoms with van der Waals surface area (Å²) in [7, 11) is 0. The molecule has 1 N–H and O–H groups in total. The van der Waals surface area contributed by atoms with Crippen molar-refractivity contribution in [2.75, 3.05) is 13.2 Å². The van der Waals surface area contributed by atoms with Crippen LogP contribution in [-0.4, -0.2) is 25.0 Å². The molecule has 0 aliphatic carbocycles. The summed E-state index contributed by atoms with van der Waals surface area (Å²) >= 11 is 0. The van der Waals surface area contributed by atoms with E-state index in [0.717, 1.165) is 12.8 Å². The van der Waals surface area contributed by atoms with Gasteiger partial charge in [0.25, 0.3) is 0 Å². The van der Waals surface area contributed by atoms with E-state index in [1.807, 2.05) is 30.3 Å². The summed E-state index contributed by atoms with van der Waals surface area (Å²) in [6.45, 7) is 2.36. The second kappa shape index (κ2) is 7.44. The van der Waals surface area contributed by atoms with E-state index >= 15 is 0 Å². The van der Waals surface area contributed by atoms with Crippen LogP contribution in [0.5, 0.6) is 0 Å². The Morgan fingerprint density at radius 1 is 1.24 bits per heavy atom. The minimum Gasteiger partial charge on any atom is -0.459 e. The van der Waals surface area contributed by atoms with Crippen LogP contribution in [0.2, 0.25) is 0 Å². The molecule has 0 spiro atoms. The quantitative estimate of drug-likeness (QED) is 0.475. The molecule has 1 aromatic rings. The monoisotopic (exact) mass is 235 g/mol. The molecule has 0 unspecified atom stereocenters. The normalized spacial score (nSPS) is 9.71. The molecule has 1 aromatic carbocycles. The van der Waals surface area contributed by atoms with E-state index < -0.39 is 11.9 Å². The van der Waals surface area contributed by atoms with E-state index in [2.05, 4.69) is 10.1 Å². The number of hydrogen-bond donors (Lipinski definition) is 1. The largest absolute Gasteiger partial charge is 0.459 e. The van der Waals surface area contributed by atoms with Gasteiger partial charge in [0, 0.05) is 6.54 Å². The van der Waals surface area contributed by atoms with Gasteiger partial charge in [-0.2, -0.15) is 0 Å². The van der Waals surface area contributed by atoms with Crippen molar-refractivity contribution in [1.82, 2.24) is 5.32 Å². The maximum atomic E-state index is 11.2. The van der Waals surface area contributed by atoms with Gasteiger partial charge in [0.05, 0.1) is 6.61 Å². The summed E-state index contributed by atoms with van der Waals surface area (Å²) in [4.78, 5) is 22.1. The second-order valence-electron chi connectivity index (χ2n) is 3.57. The number of benzene rings is 1. The van der Waals surface area contributed by atoms with Gasteiger partial charge in [-0.3, -0.25) is 4.79 Å². The molecule has 0 atom stereocenters. The van der Waals surface area contributed by atoms with Crippen molar-refractivity contribution in [2.24, 2.45) is 0 Å². The molecule has 0 aliphatic heterocycles. The molecular weight excluding hydrogens is 218 g/mol. The Kier molecular flexibility index (Phi) is 5.79. The van der Waals surface area contributed by atoms with Gasteiger partial charge < -0.3 is 10.1 Å². The zero-order valence-corrected chi connectivity index (χ0v) is 9.94. The van der Waals surface area contributed by atoms with Crippen LogP contribution in [0, 0.1) is 0 Å². The van der Waals surface area contributed by atoms with Crippen molar-refractivity contribution in [2.45, 2.75) is 19.8 Å². The number of amides is 1. The van der Waals surface area contributed by atoms with E-state index in [1.165, 1.54) is 5.56 Å². The Bertz CT molecular complexity index is 362. The first-order valence-corrected chi connectivity index (χ1v) is 5.73. The van der Waals surface area contributed by atoms with Crippen molar-refractivity contribution in [3.63, 3.8) is 0 Å². The first-order chi connectivity index (χ1) is 8.24. The minimum absolute atomic E-state index is 0.219. The van der Waals surface area contributed by atoms with Gasteiger partial charge in [-0.1, -0.05) is 30.3 Å². The molecule has 0 saturated carbocycles. The van der Waals surface area contributed by atoms with Gasteiger partial charge in [0.2, 0.25) is 0 Å². The highest BCUT2D eigenvalue weighted by Crippen LogP contribution is 2.01. The molecule has 4 nitrogen and oxygen atoms in total. The van der Waals surface area contributed by atoms with Crippen molar-refractivity contribution in [1.29, 1.82) is 0 Å². The van der Waals surface area contributed by atoms with Crippen molar-refractivity contribution >= 4 is 11.9 Å². The lowest BCUT2D eigenvalue weighted by Crippen LogP contribution is -2.33. The van der Waals surface area contributed by atoms with Gasteiger partial charge in [-0.05, 0) is 25.3 Å². The van der Waals surface area contributed by atoms with E-state index in [0.29, 0.717) is 6.54 Å². The molecule has 0 bridgehead atoms. The SMILES string of the molecule is CCOC(=O)C(=O)NCCCc1ccccc1. The fraction of sp³-hybridized carbons (Fsp3) is 0.385. The summed E-state index contributed by atoms with van der Waals surface area (Å²) in [5.74, 6) is -1.48. The maximum absolute atomic E-state index is 11.2. The highest BCUT2D eigenvalue weighted by atomic mass is 16.5. The van der Waals surface area contributed by atoms with Crippen LogP contribution in [0.25, 0.3) is 0 Å². The number of hydrogen-bond acceptors (Lipinski definition) is 3. The predicted octanol–water partition coefficient (Wildman–Crippen LogP) is 1.30. The fourth-order valence-corrected chi connectivity index (χ4v) is 1.41. The zero-order valence-electron chi connectivity index (χ0n) is 9.94. The van der Waals surface area contributed by atoms with Gasteiger partial charge in [-0.25, -0.2) is 4.79 Å². The molecule has 4 heteroatoms. The minimum atomic E-state index is -0.813. The number of rotatable bonds is 5. The maximum Gasteiger partial charge on any atom is 0.396 e. The number of nitrogens with one attached hydrogen (secondary N) is 1. The van der Waals surface area contributed by atoms with Crippen molar-refractivity contribution < 1.29 is 14.3 Å². The highest BCUT2D eigenvalue weighted by Gasteiger charge is 2.12. The summed E-state index contributed by atoms with van der Waals surface area (Å²) in [6, 6.07) is 9.99. The Hall–Kier alpha value is -1.84. The Morgan fingerprint density at radius 3 is 2.59 bits per heavy atom. The Morgan fingerprint density at radius 2 is 1.94 bits per heavy atom. The molecule has 92 valence electrons. The fourth-order valence-electron chi connectivity index (χ4n) is 1.41. The smallest absolute Gasteiger partial charge is 0.396 e. The zero-order chi connectivity index (χ0) is 12.5. The third-order valence-corrected chi connectivity index (χ3v) is 2.23. The second-order valence-corrected chi connectivity index (χ2v) is 3.57. The molecule has 0 saturated heterocycles. The lowest BCUT2D eigenvalue weighted by Gasteiger charge is -2.04. The van der Waals surface area contributed by atoms with Gasteiger partial charge in [0.15, 0.2) is 0 Å². The molecular formula is C13H17NO3. The summed E-state index contributed by atoms with van der Waals surface area (Å²) in [5.41, 5.74) is 1.22. The lowest BCUT2D eigenvalue weighted by molar-refractivity contribution is -0.154. The Balaban J connectivity index is 2.16.